The van der Waals surface area contributed by atoms with E-state index in [1.807, 2.05) is 6.92 Å². The van der Waals surface area contributed by atoms with Gasteiger partial charge in [0, 0.05) is 0 Å². The van der Waals surface area contributed by atoms with E-state index in [4.69, 9.17) is 37.9 Å². The molecule has 5 aliphatic carbocycles. The van der Waals surface area contributed by atoms with Crippen molar-refractivity contribution in [1.29, 1.82) is 0 Å². The lowest BCUT2D eigenvalue weighted by Crippen LogP contribution is -2.70. The Morgan fingerprint density at radius 3 is 1.84 bits per heavy atom. The molecule has 0 radical (unpaired) electrons. The average molecular weight is 1090 g/mol. The second-order valence-electron chi connectivity index (χ2n) is 25.3. The maximum absolute atomic E-state index is 15.3. The summed E-state index contributed by atoms with van der Waals surface area (Å²) in [6.45, 7) is 12.8. The first-order chi connectivity index (χ1) is 35.4. The smallest absolute Gasteiger partial charge is 0.335 e. The minimum atomic E-state index is -2.01. The monoisotopic (exact) mass is 1090 g/mol. The molecule has 0 aromatic rings. The Balaban J connectivity index is 0.957. The number of hydrogen-bond acceptors (Lipinski definition) is 22. The van der Waals surface area contributed by atoms with E-state index in [0.717, 1.165) is 5.57 Å². The number of fused-ring (bicyclic) bond motifs is 7. The molecule has 13 N–H and O–H groups in total. The van der Waals surface area contributed by atoms with E-state index >= 15 is 4.79 Å². The normalized spacial score (nSPS) is 54.1. The van der Waals surface area contributed by atoms with Crippen molar-refractivity contribution in [2.45, 2.75) is 229 Å². The average Bonchev–Trinajstić information content (AvgIpc) is 3.34. The highest BCUT2D eigenvalue weighted by Gasteiger charge is 2.73. The van der Waals surface area contributed by atoms with Crippen LogP contribution in [0.25, 0.3) is 0 Å². The fourth-order valence-corrected chi connectivity index (χ4v) is 16.0. The minimum Gasteiger partial charge on any atom is -0.481 e. The number of ether oxygens (including phenoxy) is 8. The Hall–Kier alpha value is -2.57. The van der Waals surface area contributed by atoms with Crippen molar-refractivity contribution in [3.63, 3.8) is 0 Å². The Bertz CT molecular complexity index is 2220. The first-order valence-corrected chi connectivity index (χ1v) is 26.8. The lowest BCUT2D eigenvalue weighted by molar-refractivity contribution is -0.368. The van der Waals surface area contributed by atoms with E-state index < -0.39 is 180 Å². The number of aliphatic hydroxyl groups excluding tert-OH is 11. The van der Waals surface area contributed by atoms with Gasteiger partial charge in [0.25, 0.3) is 0 Å². The highest BCUT2D eigenvalue weighted by molar-refractivity contribution is 5.79. The molecule has 4 heterocycles. The van der Waals surface area contributed by atoms with Gasteiger partial charge in [-0.25, -0.2) is 4.79 Å². The van der Waals surface area contributed by atoms with Gasteiger partial charge in [0.05, 0.1) is 36.3 Å². The SMILES string of the molecule is C[C@@H]1O[C@@H](O[C@H]2[C@H](OC(=O)[C@]34CCC(C)(C)C[C@H]3C3=CC[C@@H]5[C@@]6(C)C[C@H](O)[C@H](O[C@@H]7O[C@H](C(=O)O)[C@@H](O)[C@H](O)[C@H]7O)[C@@](C)(C(=O)O)[C@@H]6CC[C@@]5(C)[C@]3(C)CC4)OC[C@H](O)[C@@H]2O)[C@H](O)[C@H](O)[C@H]1O[C@@H]1OC[C@@H](O)[C@H](O)[C@H]1O. The molecular weight excluding hydrogens is 1010 g/mol. The number of carbonyl (C=O) groups is 3. The zero-order valence-electron chi connectivity index (χ0n) is 43.9. The summed E-state index contributed by atoms with van der Waals surface area (Å²) in [4.78, 5) is 40.9. The molecule has 0 unspecified atom stereocenters. The second kappa shape index (κ2) is 20.4. The minimum absolute atomic E-state index is 0.0600. The predicted molar refractivity (Wildman–Crippen MR) is 253 cm³/mol. The van der Waals surface area contributed by atoms with Crippen LogP contribution < -0.4 is 0 Å². The third-order valence-electron chi connectivity index (χ3n) is 20.6. The van der Waals surface area contributed by atoms with Crippen LogP contribution in [0.2, 0.25) is 0 Å². The van der Waals surface area contributed by atoms with Gasteiger partial charge in [-0.05, 0) is 111 Å². The number of carboxylic acid groups (broad SMARTS) is 2. The Morgan fingerprint density at radius 2 is 1.18 bits per heavy atom. The summed E-state index contributed by atoms with van der Waals surface area (Å²) in [6.07, 6.45) is -27.3. The molecule has 28 atom stereocenters. The summed E-state index contributed by atoms with van der Waals surface area (Å²) in [6, 6.07) is 0. The van der Waals surface area contributed by atoms with Crippen molar-refractivity contribution in [3.8, 4) is 0 Å². The summed E-state index contributed by atoms with van der Waals surface area (Å²) in [5, 5.41) is 140. The van der Waals surface area contributed by atoms with Crippen molar-refractivity contribution in [2.24, 2.45) is 50.2 Å². The third kappa shape index (κ3) is 9.09. The maximum Gasteiger partial charge on any atom is 0.335 e. The van der Waals surface area contributed by atoms with Gasteiger partial charge in [-0.15, -0.1) is 0 Å². The quantitative estimate of drug-likeness (QED) is 0.0665. The van der Waals surface area contributed by atoms with Crippen LogP contribution >= 0.6 is 0 Å². The number of hydrogen-bond donors (Lipinski definition) is 13. The fraction of sp³-hybridized carbons (Fsp3) is 0.904. The molecule has 0 aromatic carbocycles. The van der Waals surface area contributed by atoms with Crippen molar-refractivity contribution in [1.82, 2.24) is 0 Å². The van der Waals surface area contributed by atoms with Gasteiger partial charge in [0.1, 0.15) is 73.2 Å². The molecule has 9 aliphatic rings. The molecule has 24 heteroatoms. The number of esters is 1. The first-order valence-electron chi connectivity index (χ1n) is 26.8. The van der Waals surface area contributed by atoms with Crippen LogP contribution in [-0.4, -0.2) is 220 Å². The van der Waals surface area contributed by atoms with Gasteiger partial charge >= 0.3 is 17.9 Å². The first kappa shape index (κ1) is 58.1. The van der Waals surface area contributed by atoms with Crippen LogP contribution in [0.3, 0.4) is 0 Å². The number of carbonyl (C=O) groups excluding carboxylic acids is 1. The van der Waals surface area contributed by atoms with Crippen molar-refractivity contribution < 1.29 is 119 Å². The Kier molecular flexibility index (Phi) is 15.6. The molecule has 0 spiro atoms. The number of carboxylic acids is 2. The summed E-state index contributed by atoms with van der Waals surface area (Å²) >= 11 is 0. The molecule has 0 aromatic heterocycles. The largest absolute Gasteiger partial charge is 0.481 e. The van der Waals surface area contributed by atoms with Gasteiger partial charge in [0.15, 0.2) is 31.1 Å². The molecule has 24 nitrogen and oxygen atoms in total. The topological polar surface area (TPSA) is 388 Å². The molecule has 8 fully saturated rings. The molecule has 9 rings (SSSR count). The van der Waals surface area contributed by atoms with Crippen LogP contribution in [0.5, 0.6) is 0 Å². The maximum atomic E-state index is 15.3. The van der Waals surface area contributed by atoms with Crippen LogP contribution in [0.15, 0.2) is 11.6 Å². The molecule has 4 aliphatic heterocycles. The third-order valence-corrected chi connectivity index (χ3v) is 20.6. The van der Waals surface area contributed by atoms with E-state index in [0.29, 0.717) is 51.4 Å². The molecule has 4 saturated heterocycles. The molecule has 432 valence electrons. The molecule has 4 saturated carbocycles. The van der Waals surface area contributed by atoms with Gasteiger partial charge in [-0.1, -0.05) is 46.3 Å². The Morgan fingerprint density at radius 1 is 0.592 bits per heavy atom. The lowest BCUT2D eigenvalue weighted by Gasteiger charge is -2.71. The van der Waals surface area contributed by atoms with Crippen molar-refractivity contribution >= 4 is 17.9 Å². The van der Waals surface area contributed by atoms with Gasteiger partial charge < -0.3 is 104 Å². The van der Waals surface area contributed by atoms with Crippen LogP contribution in [0.4, 0.5) is 0 Å². The summed E-state index contributed by atoms with van der Waals surface area (Å²) in [5.41, 5.74) is -4.00. The fourth-order valence-electron chi connectivity index (χ4n) is 16.0. The number of aliphatic hydroxyl groups is 11. The summed E-state index contributed by atoms with van der Waals surface area (Å²) in [5.74, 6) is -4.75. The van der Waals surface area contributed by atoms with E-state index in [1.54, 1.807) is 0 Å². The van der Waals surface area contributed by atoms with E-state index in [9.17, 15) is 76.0 Å². The van der Waals surface area contributed by atoms with E-state index in [2.05, 4.69) is 33.8 Å². The number of rotatable bonds is 10. The van der Waals surface area contributed by atoms with Crippen molar-refractivity contribution in [2.75, 3.05) is 13.2 Å². The van der Waals surface area contributed by atoms with Crippen LogP contribution in [-0.2, 0) is 52.3 Å². The van der Waals surface area contributed by atoms with Gasteiger partial charge in [-0.2, -0.15) is 0 Å². The van der Waals surface area contributed by atoms with E-state index in [1.165, 1.54) is 13.8 Å². The zero-order valence-corrected chi connectivity index (χ0v) is 43.9. The lowest BCUT2D eigenvalue weighted by atomic mass is 9.33. The van der Waals surface area contributed by atoms with Crippen molar-refractivity contribution in [3.05, 3.63) is 11.6 Å². The van der Waals surface area contributed by atoms with Gasteiger partial charge in [0.2, 0.25) is 6.29 Å². The molecule has 76 heavy (non-hydrogen) atoms. The molecular formula is C52H80O24. The number of allylic oxidation sites excluding steroid dienone is 2. The standard InChI is InChI=1S/C52H80O24/c1-20-36(72-41-33(61)28(56)24(54)18-69-41)32(60)35(63)42(71-20)74-38-29(57)25(55)19-70-44(38)76-46(68)52-14-12-47(2,3)16-22(52)21-8-9-26-48(4)17-23(53)39(75-43-34(62)30(58)31(59)37(73-43)40(64)65)51(7,45(66)67)27(48)10-11-50(26,6)49(21,5)13-15-52/h8,20,22-39,41-44,53-63H,9-19H2,1-7H3,(H,64,65)(H,66,67)/t20-,22-,23-,24+,25-,26+,27+,28-,29-,30-,31-,32-,33+,34+,35+,36-,37-,38+,39-,41-,42-,43-,44-,48+,49+,50+,51-,52-/m0/s1. The second-order valence-corrected chi connectivity index (χ2v) is 25.3. The highest BCUT2D eigenvalue weighted by atomic mass is 16.8. The molecule has 0 amide bonds. The predicted octanol–water partition coefficient (Wildman–Crippen LogP) is -1.60. The summed E-state index contributed by atoms with van der Waals surface area (Å²) < 4.78 is 46.7. The zero-order chi connectivity index (χ0) is 55.7. The van der Waals surface area contributed by atoms with Crippen LogP contribution in [0, 0.1) is 50.2 Å². The molecule has 0 bridgehead atoms. The summed E-state index contributed by atoms with van der Waals surface area (Å²) in [7, 11) is 0. The van der Waals surface area contributed by atoms with E-state index in [-0.39, 0.29) is 30.3 Å². The van der Waals surface area contributed by atoms with Gasteiger partial charge in [-0.3, -0.25) is 9.59 Å². The number of aliphatic carboxylic acids is 2. The highest BCUT2D eigenvalue weighted by Crippen LogP contribution is 2.76. The Labute approximate surface area is 439 Å². The van der Waals surface area contributed by atoms with Crippen LogP contribution in [0.1, 0.15) is 106 Å².